The minimum atomic E-state index is -2.30. The third kappa shape index (κ3) is 6.37. The Morgan fingerprint density at radius 2 is 1.30 bits per heavy atom. The molecule has 0 fully saturated rings. The maximum absolute atomic E-state index is 13.9. The fraction of sp³-hybridized carbons (Fsp3) is 0.129. The van der Waals surface area contributed by atoms with Gasteiger partial charge in [0.05, 0.1) is 0 Å². The normalized spacial score (nSPS) is 13.5. The number of nitrogens with one attached hydrogen (secondary N) is 1. The van der Waals surface area contributed by atoms with Crippen LogP contribution in [-0.4, -0.2) is 12.6 Å². The number of carbonyl (C=O) groups is 1. The van der Waals surface area contributed by atoms with Crippen molar-refractivity contribution in [2.45, 2.75) is 24.0 Å². The third-order valence-corrected chi connectivity index (χ3v) is 20.3. The van der Waals surface area contributed by atoms with E-state index < -0.39 is 24.0 Å². The molecule has 4 aromatic carbocycles. The Bertz CT molecular complexity index is 1310. The second-order valence-electron chi connectivity index (χ2n) is 9.37. The van der Waals surface area contributed by atoms with Gasteiger partial charge in [-0.1, -0.05) is 0 Å². The summed E-state index contributed by atoms with van der Waals surface area (Å²) >= 11 is -2.30. The van der Waals surface area contributed by atoms with Gasteiger partial charge >= 0.3 is 217 Å². The number of benzene rings is 4. The zero-order chi connectivity index (χ0) is 24.2. The van der Waals surface area contributed by atoms with Crippen LogP contribution in [0.5, 0.6) is 0 Å². The van der Waals surface area contributed by atoms with Gasteiger partial charge in [0.15, 0.2) is 0 Å². The van der Waals surface area contributed by atoms with E-state index in [0.29, 0.717) is 10.1 Å². The molecule has 0 spiro atoms. The molecular formula is C31H30Cl2NOSiTi. The Labute approximate surface area is 240 Å². The monoisotopic (exact) mass is 578 g/mol. The van der Waals surface area contributed by atoms with Gasteiger partial charge in [0.2, 0.25) is 0 Å². The average Bonchev–Trinajstić information content (AvgIpc) is 3.33. The van der Waals surface area contributed by atoms with E-state index in [1.807, 2.05) is 18.2 Å². The van der Waals surface area contributed by atoms with Gasteiger partial charge in [-0.15, -0.1) is 0 Å². The minimum Gasteiger partial charge on any atom is -1.00 e. The van der Waals surface area contributed by atoms with Crippen LogP contribution < -0.4 is 39.0 Å². The smallest absolute Gasteiger partial charge is 1.00 e. The molecule has 2 nitrogen and oxygen atoms in total. The summed E-state index contributed by atoms with van der Waals surface area (Å²) in [6, 6.07) is 38.6. The van der Waals surface area contributed by atoms with Gasteiger partial charge < -0.3 is 24.8 Å². The third-order valence-electron chi connectivity index (χ3n) is 6.80. The second kappa shape index (κ2) is 13.4. The number of rotatable bonds is 7. The first-order chi connectivity index (χ1) is 17.1. The predicted octanol–water partition coefficient (Wildman–Crippen LogP) is -0.613. The summed E-state index contributed by atoms with van der Waals surface area (Å²) in [6.45, 7) is 2.60. The van der Waals surface area contributed by atoms with Crippen molar-refractivity contribution in [3.63, 3.8) is 0 Å². The summed E-state index contributed by atoms with van der Waals surface area (Å²) in [5.41, 5.74) is 4.58. The van der Waals surface area contributed by atoms with Crippen LogP contribution in [-0.2, 0) is 17.4 Å². The van der Waals surface area contributed by atoms with Gasteiger partial charge in [-0.3, -0.25) is 0 Å². The van der Waals surface area contributed by atoms with Crippen LogP contribution in [0.25, 0.3) is 6.08 Å². The molecule has 1 aliphatic rings. The van der Waals surface area contributed by atoms with E-state index in [1.165, 1.54) is 21.5 Å². The van der Waals surface area contributed by atoms with E-state index in [9.17, 15) is 4.79 Å². The van der Waals surface area contributed by atoms with Crippen molar-refractivity contribution < 1.29 is 47.0 Å². The molecule has 37 heavy (non-hydrogen) atoms. The van der Waals surface area contributed by atoms with Crippen LogP contribution in [0.15, 0.2) is 115 Å². The molecule has 1 N–H and O–H groups in total. The summed E-state index contributed by atoms with van der Waals surface area (Å²) in [4.78, 5) is 13.9. The van der Waals surface area contributed by atoms with Crippen LogP contribution in [0.3, 0.4) is 0 Å². The molecular weight excluding hydrogens is 549 g/mol. The van der Waals surface area contributed by atoms with Crippen LogP contribution in [0.2, 0.25) is 0 Å². The number of halogens is 2. The molecule has 187 valence electrons. The van der Waals surface area contributed by atoms with E-state index in [1.54, 1.807) is 0 Å². The molecule has 1 amide bonds. The number of allylic oxidation sites excluding steroid dienone is 1. The predicted molar refractivity (Wildman–Crippen MR) is 146 cm³/mol. The van der Waals surface area contributed by atoms with Crippen molar-refractivity contribution in [1.29, 1.82) is 0 Å². The van der Waals surface area contributed by atoms with Gasteiger partial charge in [-0.05, 0) is 0 Å². The Kier molecular flexibility index (Phi) is 10.6. The largest absolute Gasteiger partial charge is 1.00 e. The number of carbonyl (C=O) groups excluding carboxylic acids is 1. The topological polar surface area (TPSA) is 29.1 Å². The Hall–Kier alpha value is -2.40. The summed E-state index contributed by atoms with van der Waals surface area (Å²) in [6.07, 6.45) is 4.61. The fourth-order valence-corrected chi connectivity index (χ4v) is 19.5. The Morgan fingerprint density at radius 3 is 1.92 bits per heavy atom. The maximum Gasteiger partial charge on any atom is -1.00 e. The fourth-order valence-electron chi connectivity index (χ4n) is 5.10. The molecule has 0 heterocycles. The SMILES string of the molecule is CC(C)c1ccccc1C(=O)[NH][Ti+2]([CH]1C=Cc2ccccc21)[SiH](c1ccccc1)c1ccccc1.[Cl-].[Cl-]. The molecule has 0 aromatic heterocycles. The summed E-state index contributed by atoms with van der Waals surface area (Å²) in [7, 11) is 0. The molecule has 1 atom stereocenters. The molecule has 1 unspecified atom stereocenters. The Morgan fingerprint density at radius 1 is 0.757 bits per heavy atom. The first-order valence-electron chi connectivity index (χ1n) is 12.3. The molecule has 1 aliphatic carbocycles. The molecule has 5 rings (SSSR count). The minimum absolute atomic E-state index is 0. The van der Waals surface area contributed by atoms with Crippen LogP contribution in [0.1, 0.15) is 51.0 Å². The summed E-state index contributed by atoms with van der Waals surface area (Å²) < 4.78 is 4.04. The van der Waals surface area contributed by atoms with E-state index in [4.69, 9.17) is 0 Å². The number of amides is 1. The van der Waals surface area contributed by atoms with Crippen molar-refractivity contribution in [1.82, 2.24) is 3.80 Å². The Balaban J connectivity index is 0.00000190. The van der Waals surface area contributed by atoms with Gasteiger partial charge in [-0.25, -0.2) is 0 Å². The molecule has 0 radical (unpaired) electrons. The molecule has 0 saturated carbocycles. The number of hydrogen-bond donors (Lipinski definition) is 1. The standard InChI is InChI=1S/C12H11Si.C10H13NO.C9H7.2ClH.Ti/c1-3-7-11(8-4-1)13-12-9-5-2-6-10-12;1-7(2)8-5-3-4-6-9(8)10(11)12;1-2-5-9-7-3-6-8(9)4-1;;;/h1-10,13H;3-7H,1-2H3,(H2,11,12);1-7H;2*1H;/q;;;;;+3/p-3. The number of fused-ring (bicyclic) bond motifs is 1. The van der Waals surface area contributed by atoms with E-state index >= 15 is 0 Å². The molecule has 0 aliphatic heterocycles. The van der Waals surface area contributed by atoms with E-state index in [0.717, 1.165) is 11.1 Å². The van der Waals surface area contributed by atoms with Crippen molar-refractivity contribution >= 4 is 29.0 Å². The van der Waals surface area contributed by atoms with E-state index in [-0.39, 0.29) is 30.7 Å². The molecule has 0 saturated heterocycles. The first-order valence-corrected chi connectivity index (χ1v) is 18.4. The van der Waals surface area contributed by atoms with Gasteiger partial charge in [0.25, 0.3) is 0 Å². The molecule has 0 bridgehead atoms. The molecule has 6 heteroatoms. The van der Waals surface area contributed by atoms with Crippen molar-refractivity contribution in [3.05, 3.63) is 138 Å². The zero-order valence-electron chi connectivity index (χ0n) is 20.9. The van der Waals surface area contributed by atoms with Crippen molar-refractivity contribution in [3.8, 4) is 0 Å². The van der Waals surface area contributed by atoms with Crippen LogP contribution >= 0.6 is 0 Å². The summed E-state index contributed by atoms with van der Waals surface area (Å²) in [5.74, 6) is 0.384. The number of hydrogen-bond acceptors (Lipinski definition) is 1. The zero-order valence-corrected chi connectivity index (χ0v) is 25.2. The van der Waals surface area contributed by atoms with Gasteiger partial charge in [0.1, 0.15) is 0 Å². The van der Waals surface area contributed by atoms with E-state index in [2.05, 4.69) is 121 Å². The van der Waals surface area contributed by atoms with Crippen LogP contribution in [0.4, 0.5) is 0 Å². The van der Waals surface area contributed by atoms with Gasteiger partial charge in [0, 0.05) is 0 Å². The summed E-state index contributed by atoms with van der Waals surface area (Å²) in [5, 5.41) is 2.81. The quantitative estimate of drug-likeness (QED) is 0.291. The van der Waals surface area contributed by atoms with Crippen molar-refractivity contribution in [2.24, 2.45) is 0 Å². The average molecular weight is 579 g/mol. The van der Waals surface area contributed by atoms with Crippen LogP contribution in [0, 0.1) is 0 Å². The van der Waals surface area contributed by atoms with Gasteiger partial charge in [-0.2, -0.15) is 0 Å². The first kappa shape index (κ1) is 29.2. The molecule has 4 aromatic rings. The van der Waals surface area contributed by atoms with Crippen molar-refractivity contribution in [2.75, 3.05) is 0 Å². The second-order valence-corrected chi connectivity index (χ2v) is 19.6. The maximum atomic E-state index is 13.9.